The maximum Gasteiger partial charge on any atom is 0.471 e. The molecule has 1 aliphatic rings. The Morgan fingerprint density at radius 2 is 1.87 bits per heavy atom. The van der Waals surface area contributed by atoms with Gasteiger partial charge in [0.05, 0.1) is 18.3 Å². The van der Waals surface area contributed by atoms with Gasteiger partial charge in [-0.15, -0.1) is 0 Å². The third kappa shape index (κ3) is 5.04. The number of amides is 1. The van der Waals surface area contributed by atoms with Crippen LogP contribution in [0.4, 0.5) is 13.2 Å². The molecule has 0 saturated carbocycles. The summed E-state index contributed by atoms with van der Waals surface area (Å²) in [4.78, 5) is 17.3. The van der Waals surface area contributed by atoms with E-state index in [0.29, 0.717) is 43.1 Å². The summed E-state index contributed by atoms with van der Waals surface area (Å²) in [5, 5.41) is 0. The van der Waals surface area contributed by atoms with Gasteiger partial charge in [-0.2, -0.15) is 13.2 Å². The molecule has 0 radical (unpaired) electrons. The second-order valence-electron chi connectivity index (χ2n) is 7.42. The predicted octanol–water partition coefficient (Wildman–Crippen LogP) is 5.08. The number of hydrogen-bond donors (Lipinski definition) is 0. The number of carbonyl (C=O) groups excluding carboxylic acids is 1. The van der Waals surface area contributed by atoms with E-state index in [0.717, 1.165) is 16.4 Å². The number of aryl methyl sites for hydroxylation is 2. The minimum Gasteiger partial charge on any atom is -0.493 e. The zero-order chi connectivity index (χ0) is 21.9. The Morgan fingerprint density at radius 1 is 1.20 bits per heavy atom. The average Bonchev–Trinajstić information content (AvgIpc) is 2.88. The summed E-state index contributed by atoms with van der Waals surface area (Å²) >= 11 is 0. The van der Waals surface area contributed by atoms with Crippen molar-refractivity contribution in [2.45, 2.75) is 58.3 Å². The fourth-order valence-corrected chi connectivity index (χ4v) is 3.69. The number of nitrogens with zero attached hydrogens (tertiary/aromatic N) is 2. The van der Waals surface area contributed by atoms with Gasteiger partial charge in [0.25, 0.3) is 0 Å². The lowest BCUT2D eigenvalue weighted by atomic mass is 10.0. The molecule has 0 unspecified atom stereocenters. The molecule has 0 bridgehead atoms. The first kappa shape index (κ1) is 21.9. The smallest absolute Gasteiger partial charge is 0.471 e. The number of alkyl halides is 3. The fourth-order valence-electron chi connectivity index (χ4n) is 3.69. The summed E-state index contributed by atoms with van der Waals surface area (Å²) < 4.78 is 50.6. The summed E-state index contributed by atoms with van der Waals surface area (Å²) in [6.07, 6.45) is 0.0582. The van der Waals surface area contributed by atoms with E-state index in [1.807, 2.05) is 19.1 Å². The van der Waals surface area contributed by atoms with E-state index < -0.39 is 24.2 Å². The number of ether oxygens (including phenoxy) is 1. The van der Waals surface area contributed by atoms with Gasteiger partial charge in [0.2, 0.25) is 0 Å². The number of carbonyl (C=O) groups is 1. The Balaban J connectivity index is 1.70. The van der Waals surface area contributed by atoms with E-state index in [-0.39, 0.29) is 0 Å². The van der Waals surface area contributed by atoms with Gasteiger partial charge in [-0.1, -0.05) is 24.3 Å². The van der Waals surface area contributed by atoms with Crippen molar-refractivity contribution >= 4 is 5.91 Å². The fraction of sp³-hybridized carbons (Fsp3) is 0.455. The molecule has 1 aromatic heterocycles. The summed E-state index contributed by atoms with van der Waals surface area (Å²) in [5.41, 5.74) is 1.48. The number of rotatable bonds is 5. The number of benzene rings is 1. The van der Waals surface area contributed by atoms with Gasteiger partial charge in [-0.3, -0.25) is 4.79 Å². The van der Waals surface area contributed by atoms with Crippen LogP contribution in [-0.4, -0.2) is 34.6 Å². The van der Waals surface area contributed by atoms with Gasteiger partial charge < -0.3 is 14.1 Å². The second kappa shape index (κ2) is 8.93. The summed E-state index contributed by atoms with van der Waals surface area (Å²) in [5.74, 6) is 0.165. The number of halogens is 3. The quantitative estimate of drug-likeness (QED) is 0.631. The maximum absolute atomic E-state index is 13.2. The SMILES string of the molecule is Cc1nc(CCOc2ccc([C@@H]3CC=CC[C@@H](C)N3C(=O)C(F)(F)F)cc2)c(C)o1. The first-order chi connectivity index (χ1) is 14.2. The third-order valence-corrected chi connectivity index (χ3v) is 5.16. The van der Waals surface area contributed by atoms with E-state index in [1.165, 1.54) is 0 Å². The van der Waals surface area contributed by atoms with Crippen molar-refractivity contribution in [3.05, 3.63) is 59.3 Å². The van der Waals surface area contributed by atoms with Crippen molar-refractivity contribution < 1.29 is 27.1 Å². The highest BCUT2D eigenvalue weighted by Crippen LogP contribution is 2.35. The highest BCUT2D eigenvalue weighted by Gasteiger charge is 2.46. The minimum atomic E-state index is -4.91. The lowest BCUT2D eigenvalue weighted by Gasteiger charge is -2.35. The Kier molecular flexibility index (Phi) is 6.53. The zero-order valence-electron chi connectivity index (χ0n) is 17.2. The van der Waals surface area contributed by atoms with E-state index in [1.54, 1.807) is 38.1 Å². The maximum atomic E-state index is 13.2. The topological polar surface area (TPSA) is 55.6 Å². The third-order valence-electron chi connectivity index (χ3n) is 5.16. The van der Waals surface area contributed by atoms with Crippen LogP contribution < -0.4 is 4.74 Å². The standard InChI is InChI=1S/C22H25F3N2O3/c1-14-6-4-5-7-20(27(14)21(28)22(23,24)25)17-8-10-18(11-9-17)29-13-12-19-15(2)30-16(3)26-19/h4-5,8-11,14,20H,6-7,12-13H2,1-3H3/t14-,20+/m1/s1. The van der Waals surface area contributed by atoms with Gasteiger partial charge >= 0.3 is 12.1 Å². The average molecular weight is 422 g/mol. The monoisotopic (exact) mass is 422 g/mol. The number of hydrogen-bond acceptors (Lipinski definition) is 4. The molecular weight excluding hydrogens is 397 g/mol. The molecule has 0 saturated heterocycles. The molecule has 8 heteroatoms. The van der Waals surface area contributed by atoms with Crippen molar-refractivity contribution in [3.63, 3.8) is 0 Å². The van der Waals surface area contributed by atoms with Crippen LogP contribution in [0.25, 0.3) is 0 Å². The van der Waals surface area contributed by atoms with Gasteiger partial charge in [0.1, 0.15) is 11.5 Å². The number of oxazole rings is 1. The van der Waals surface area contributed by atoms with Crippen molar-refractivity contribution in [3.8, 4) is 5.75 Å². The van der Waals surface area contributed by atoms with E-state index in [4.69, 9.17) is 9.15 Å². The van der Waals surface area contributed by atoms with Gasteiger partial charge in [-0.05, 0) is 44.4 Å². The van der Waals surface area contributed by atoms with Crippen LogP contribution in [-0.2, 0) is 11.2 Å². The molecule has 0 fully saturated rings. The summed E-state index contributed by atoms with van der Waals surface area (Å²) in [6.45, 7) is 5.66. The van der Waals surface area contributed by atoms with Gasteiger partial charge in [-0.25, -0.2) is 4.98 Å². The molecule has 1 amide bonds. The van der Waals surface area contributed by atoms with Crippen molar-refractivity contribution in [2.24, 2.45) is 0 Å². The molecule has 162 valence electrons. The Morgan fingerprint density at radius 3 is 2.47 bits per heavy atom. The molecule has 2 atom stereocenters. The van der Waals surface area contributed by atoms with Crippen molar-refractivity contribution in [1.82, 2.24) is 9.88 Å². The van der Waals surface area contributed by atoms with E-state index >= 15 is 0 Å². The molecule has 0 aliphatic carbocycles. The number of aromatic nitrogens is 1. The van der Waals surface area contributed by atoms with E-state index in [2.05, 4.69) is 4.98 Å². The summed E-state index contributed by atoms with van der Waals surface area (Å²) in [7, 11) is 0. The molecule has 5 nitrogen and oxygen atoms in total. The first-order valence-electron chi connectivity index (χ1n) is 9.87. The van der Waals surface area contributed by atoms with Crippen LogP contribution in [0, 0.1) is 13.8 Å². The van der Waals surface area contributed by atoms with Crippen LogP contribution in [0.1, 0.15) is 48.7 Å². The molecule has 30 heavy (non-hydrogen) atoms. The molecule has 1 aromatic carbocycles. The normalized spacial score (nSPS) is 19.6. The van der Waals surface area contributed by atoms with Crippen molar-refractivity contribution in [1.29, 1.82) is 0 Å². The Labute approximate surface area is 173 Å². The van der Waals surface area contributed by atoms with E-state index in [9.17, 15) is 18.0 Å². The largest absolute Gasteiger partial charge is 0.493 e. The Bertz CT molecular complexity index is 903. The second-order valence-corrected chi connectivity index (χ2v) is 7.42. The molecule has 0 N–H and O–H groups in total. The first-order valence-corrected chi connectivity index (χ1v) is 9.87. The lowest BCUT2D eigenvalue weighted by molar-refractivity contribution is -0.190. The van der Waals surface area contributed by atoms with Crippen molar-refractivity contribution in [2.75, 3.05) is 6.61 Å². The molecule has 3 rings (SSSR count). The van der Waals surface area contributed by atoms with Crippen LogP contribution in [0.5, 0.6) is 5.75 Å². The molecule has 2 aromatic rings. The van der Waals surface area contributed by atoms with Crippen LogP contribution in [0.15, 0.2) is 40.8 Å². The van der Waals surface area contributed by atoms with Crippen LogP contribution in [0.3, 0.4) is 0 Å². The lowest BCUT2D eigenvalue weighted by Crippen LogP contribution is -2.47. The summed E-state index contributed by atoms with van der Waals surface area (Å²) in [6, 6.07) is 5.63. The zero-order valence-corrected chi connectivity index (χ0v) is 17.2. The highest BCUT2D eigenvalue weighted by molar-refractivity contribution is 5.82. The van der Waals surface area contributed by atoms with Gasteiger partial charge in [0, 0.05) is 19.4 Å². The predicted molar refractivity (Wildman–Crippen MR) is 105 cm³/mol. The van der Waals surface area contributed by atoms with Gasteiger partial charge in [0.15, 0.2) is 5.89 Å². The molecule has 0 spiro atoms. The minimum absolute atomic E-state index is 0.331. The molecule has 2 heterocycles. The Hall–Kier alpha value is -2.77. The molecular formula is C22H25F3N2O3. The van der Waals surface area contributed by atoms with Crippen LogP contribution in [0.2, 0.25) is 0 Å². The van der Waals surface area contributed by atoms with Crippen LogP contribution >= 0.6 is 0 Å². The molecule has 1 aliphatic heterocycles. The highest BCUT2D eigenvalue weighted by atomic mass is 19.4.